The highest BCUT2D eigenvalue weighted by atomic mass is 35.5. The summed E-state index contributed by atoms with van der Waals surface area (Å²) in [5, 5.41) is 8.86. The van der Waals surface area contributed by atoms with Crippen LogP contribution in [0.4, 0.5) is 5.82 Å². The third kappa shape index (κ3) is 5.89. The molecule has 1 fully saturated rings. The van der Waals surface area contributed by atoms with Crippen LogP contribution in [0.15, 0.2) is 60.9 Å². The molecule has 0 saturated heterocycles. The van der Waals surface area contributed by atoms with E-state index in [2.05, 4.69) is 15.3 Å². The van der Waals surface area contributed by atoms with Crippen LogP contribution in [-0.2, 0) is 4.79 Å². The summed E-state index contributed by atoms with van der Waals surface area (Å²) in [5.41, 5.74) is 14.7. The van der Waals surface area contributed by atoms with E-state index in [1.165, 1.54) is 6.33 Å². The molecule has 1 saturated carbocycles. The summed E-state index contributed by atoms with van der Waals surface area (Å²) in [5.74, 6) is 1.86. The number of hydrogen-bond donors (Lipinski definition) is 3. The van der Waals surface area contributed by atoms with Gasteiger partial charge in [0, 0.05) is 11.6 Å². The second-order valence-corrected chi connectivity index (χ2v) is 9.60. The van der Waals surface area contributed by atoms with Crippen molar-refractivity contribution in [2.24, 2.45) is 5.73 Å². The molecule has 200 valence electrons. The summed E-state index contributed by atoms with van der Waals surface area (Å²) < 4.78 is 7.92. The Morgan fingerprint density at radius 2 is 1.74 bits per heavy atom. The van der Waals surface area contributed by atoms with E-state index in [0.29, 0.717) is 12.2 Å². The molecule has 38 heavy (non-hydrogen) atoms. The van der Waals surface area contributed by atoms with E-state index in [9.17, 15) is 4.79 Å². The lowest BCUT2D eigenvalue weighted by atomic mass is 9.91. The van der Waals surface area contributed by atoms with Crippen molar-refractivity contribution in [3.05, 3.63) is 60.9 Å². The van der Waals surface area contributed by atoms with Crippen LogP contribution in [0.5, 0.6) is 11.5 Å². The molecule has 1 atom stereocenters. The van der Waals surface area contributed by atoms with Gasteiger partial charge in [0.05, 0.1) is 17.5 Å². The summed E-state index contributed by atoms with van der Waals surface area (Å²) >= 11 is 0. The number of para-hydroxylation sites is 1. The van der Waals surface area contributed by atoms with Gasteiger partial charge in [0.15, 0.2) is 5.65 Å². The third-order valence-corrected chi connectivity index (χ3v) is 6.95. The molecule has 5 N–H and O–H groups in total. The van der Waals surface area contributed by atoms with E-state index < -0.39 is 6.04 Å². The Hall–Kier alpha value is -3.69. The van der Waals surface area contributed by atoms with Gasteiger partial charge in [0.1, 0.15) is 29.3 Å². The highest BCUT2D eigenvalue weighted by Crippen LogP contribution is 2.36. The summed E-state index contributed by atoms with van der Waals surface area (Å²) in [6, 6.07) is 17.3. The maximum Gasteiger partial charge on any atom is 0.237 e. The Kier molecular flexibility index (Phi) is 8.81. The highest BCUT2D eigenvalue weighted by Gasteiger charge is 2.28. The van der Waals surface area contributed by atoms with E-state index in [1.807, 2.05) is 66.2 Å². The van der Waals surface area contributed by atoms with Gasteiger partial charge in [0.25, 0.3) is 0 Å². The predicted molar refractivity (Wildman–Crippen MR) is 151 cm³/mol. The maximum absolute atomic E-state index is 12.4. The first kappa shape index (κ1) is 27.3. The number of nitrogen functional groups attached to an aromatic ring is 1. The van der Waals surface area contributed by atoms with Crippen LogP contribution in [0.3, 0.4) is 0 Å². The summed E-state index contributed by atoms with van der Waals surface area (Å²) in [6.07, 6.45) is 6.54. The van der Waals surface area contributed by atoms with Gasteiger partial charge in [-0.1, -0.05) is 31.5 Å². The standard InChI is InChI=1S/C28H33N7O2.ClH/c1-2-6-23(29)28(36)33-19-11-13-20(14-12-19)35-27-24(26(30)31-17-32-27)25(34-35)18-9-15-22(16-10-18)37-21-7-4-3-5-8-21;/h3-5,7-10,15-17,19-20,23H,2,6,11-14,29H2,1H3,(H,33,36)(H2,30,31,32);1H/t19?,20?,23-;/m0./s1. The summed E-state index contributed by atoms with van der Waals surface area (Å²) in [6.45, 7) is 2.03. The SMILES string of the molecule is CCC[C@H](N)C(=O)NC1CCC(n2nc(-c3ccc(Oc4ccccc4)cc3)c3c(N)ncnc32)CC1.Cl. The lowest BCUT2D eigenvalue weighted by molar-refractivity contribution is -0.123. The van der Waals surface area contributed by atoms with Crippen LogP contribution in [-0.4, -0.2) is 37.7 Å². The molecule has 0 aliphatic heterocycles. The number of carbonyl (C=O) groups excluding carboxylic acids is 1. The molecule has 5 rings (SSSR count). The molecule has 2 aromatic carbocycles. The number of amides is 1. The first-order chi connectivity index (χ1) is 18.0. The molecule has 2 heterocycles. The Labute approximate surface area is 228 Å². The Morgan fingerprint density at radius 1 is 1.05 bits per heavy atom. The number of rotatable bonds is 8. The molecule has 1 aliphatic carbocycles. The number of aromatic nitrogens is 4. The van der Waals surface area contributed by atoms with Crippen LogP contribution >= 0.6 is 12.4 Å². The zero-order chi connectivity index (χ0) is 25.8. The molecular formula is C28H34ClN7O2. The predicted octanol–water partition coefficient (Wildman–Crippen LogP) is 5.02. The number of nitrogens with one attached hydrogen (secondary N) is 1. The number of nitrogens with two attached hydrogens (primary N) is 2. The van der Waals surface area contributed by atoms with Crippen LogP contribution < -0.4 is 21.5 Å². The fourth-order valence-electron chi connectivity index (χ4n) is 4.97. The molecule has 1 aliphatic rings. The van der Waals surface area contributed by atoms with E-state index in [1.54, 1.807) is 0 Å². The molecule has 0 unspecified atom stereocenters. The Bertz CT molecular complexity index is 1350. The number of fused-ring (bicyclic) bond motifs is 1. The van der Waals surface area contributed by atoms with Gasteiger partial charge < -0.3 is 21.5 Å². The van der Waals surface area contributed by atoms with Crippen molar-refractivity contribution in [1.82, 2.24) is 25.1 Å². The molecule has 10 heteroatoms. The summed E-state index contributed by atoms with van der Waals surface area (Å²) in [7, 11) is 0. The molecule has 0 bridgehead atoms. The normalized spacial score (nSPS) is 17.9. The van der Waals surface area contributed by atoms with Crippen molar-refractivity contribution in [3.63, 3.8) is 0 Å². The van der Waals surface area contributed by atoms with E-state index in [0.717, 1.165) is 65.9 Å². The summed E-state index contributed by atoms with van der Waals surface area (Å²) in [4.78, 5) is 21.1. The van der Waals surface area contributed by atoms with Crippen molar-refractivity contribution in [1.29, 1.82) is 0 Å². The Morgan fingerprint density at radius 3 is 2.42 bits per heavy atom. The largest absolute Gasteiger partial charge is 0.457 e. The lowest BCUT2D eigenvalue weighted by Gasteiger charge is -2.30. The quantitative estimate of drug-likeness (QED) is 0.288. The first-order valence-electron chi connectivity index (χ1n) is 12.9. The van der Waals surface area contributed by atoms with Crippen LogP contribution in [0.2, 0.25) is 0 Å². The first-order valence-corrected chi connectivity index (χ1v) is 12.9. The zero-order valence-electron chi connectivity index (χ0n) is 21.4. The van der Waals surface area contributed by atoms with Gasteiger partial charge in [-0.15, -0.1) is 12.4 Å². The number of benzene rings is 2. The van der Waals surface area contributed by atoms with E-state index in [-0.39, 0.29) is 30.4 Å². The number of carbonyl (C=O) groups is 1. The van der Waals surface area contributed by atoms with Crippen LogP contribution in [0.1, 0.15) is 51.5 Å². The molecular weight excluding hydrogens is 502 g/mol. The number of anilines is 1. The zero-order valence-corrected chi connectivity index (χ0v) is 22.2. The van der Waals surface area contributed by atoms with Crippen molar-refractivity contribution in [3.8, 4) is 22.8 Å². The van der Waals surface area contributed by atoms with Crippen molar-refractivity contribution < 1.29 is 9.53 Å². The molecule has 2 aromatic heterocycles. The lowest BCUT2D eigenvalue weighted by Crippen LogP contribution is -2.46. The third-order valence-electron chi connectivity index (χ3n) is 6.95. The average molecular weight is 536 g/mol. The Balaban J connectivity index is 0.00000336. The molecule has 0 radical (unpaired) electrons. The average Bonchev–Trinajstić information content (AvgIpc) is 3.31. The van der Waals surface area contributed by atoms with Crippen LogP contribution in [0.25, 0.3) is 22.3 Å². The van der Waals surface area contributed by atoms with Crippen molar-refractivity contribution in [2.45, 2.75) is 63.6 Å². The van der Waals surface area contributed by atoms with Gasteiger partial charge >= 0.3 is 0 Å². The fraction of sp³-hybridized carbons (Fsp3) is 0.357. The van der Waals surface area contributed by atoms with Crippen LogP contribution in [0, 0.1) is 0 Å². The highest BCUT2D eigenvalue weighted by molar-refractivity contribution is 5.98. The monoisotopic (exact) mass is 535 g/mol. The molecule has 9 nitrogen and oxygen atoms in total. The number of hydrogen-bond acceptors (Lipinski definition) is 7. The number of halogens is 1. The minimum absolute atomic E-state index is 0. The van der Waals surface area contributed by atoms with Crippen molar-refractivity contribution in [2.75, 3.05) is 5.73 Å². The van der Waals surface area contributed by atoms with Crippen molar-refractivity contribution >= 4 is 35.2 Å². The topological polar surface area (TPSA) is 134 Å². The molecule has 1 amide bonds. The molecule has 0 spiro atoms. The van der Waals surface area contributed by atoms with E-state index >= 15 is 0 Å². The van der Waals surface area contributed by atoms with Gasteiger partial charge in [-0.05, 0) is 68.5 Å². The van der Waals surface area contributed by atoms with Gasteiger partial charge in [-0.2, -0.15) is 5.10 Å². The van der Waals surface area contributed by atoms with Gasteiger partial charge in [0.2, 0.25) is 5.91 Å². The second-order valence-electron chi connectivity index (χ2n) is 9.60. The fourth-order valence-corrected chi connectivity index (χ4v) is 4.97. The smallest absolute Gasteiger partial charge is 0.237 e. The number of nitrogens with zero attached hydrogens (tertiary/aromatic N) is 4. The van der Waals surface area contributed by atoms with E-state index in [4.69, 9.17) is 21.3 Å². The maximum atomic E-state index is 12.4. The number of ether oxygens (including phenoxy) is 1. The molecule has 4 aromatic rings. The van der Waals surface area contributed by atoms with Gasteiger partial charge in [-0.25, -0.2) is 14.6 Å². The van der Waals surface area contributed by atoms with Gasteiger partial charge in [-0.3, -0.25) is 4.79 Å². The second kappa shape index (κ2) is 12.2. The minimum Gasteiger partial charge on any atom is -0.457 e. The minimum atomic E-state index is -0.440.